The largest absolute Gasteiger partial charge is 0.367 e. The van der Waals surface area contributed by atoms with E-state index in [1.807, 2.05) is 33.9 Å². The van der Waals surface area contributed by atoms with Crippen molar-refractivity contribution in [2.75, 3.05) is 31.1 Å². The molecule has 0 N–H and O–H groups in total. The number of amides is 1. The van der Waals surface area contributed by atoms with Gasteiger partial charge in [0, 0.05) is 31.6 Å². The lowest BCUT2D eigenvalue weighted by Gasteiger charge is -2.35. The molecule has 0 atom stereocenters. The summed E-state index contributed by atoms with van der Waals surface area (Å²) in [5.74, 6) is 0.105. The average Bonchev–Trinajstić information content (AvgIpc) is 3.09. The van der Waals surface area contributed by atoms with Gasteiger partial charge in [0.1, 0.15) is 11.8 Å². The number of pyridine rings is 1. The molecule has 2 aromatic rings. The minimum absolute atomic E-state index is 0.105. The van der Waals surface area contributed by atoms with E-state index in [9.17, 15) is 4.79 Å². The van der Waals surface area contributed by atoms with Gasteiger partial charge in [0.2, 0.25) is 0 Å². The van der Waals surface area contributed by atoms with Crippen LogP contribution in [0.4, 0.5) is 5.69 Å². The molecule has 0 aliphatic carbocycles. The summed E-state index contributed by atoms with van der Waals surface area (Å²) in [7, 11) is 0. The Bertz CT molecular complexity index is 652. The highest BCUT2D eigenvalue weighted by Gasteiger charge is 2.22. The van der Waals surface area contributed by atoms with Crippen LogP contribution in [0.5, 0.6) is 0 Å². The van der Waals surface area contributed by atoms with Gasteiger partial charge in [0.25, 0.3) is 5.91 Å². The van der Waals surface area contributed by atoms with Crippen molar-refractivity contribution < 1.29 is 4.79 Å². The average molecular weight is 298 g/mol. The van der Waals surface area contributed by atoms with E-state index < -0.39 is 0 Å². The summed E-state index contributed by atoms with van der Waals surface area (Å²) >= 11 is 1.54. The van der Waals surface area contributed by atoms with Gasteiger partial charge in [0.15, 0.2) is 0 Å². The smallest absolute Gasteiger partial charge is 0.254 e. The second-order valence-corrected chi connectivity index (χ2v) is 5.58. The zero-order valence-corrected chi connectivity index (χ0v) is 12.2. The number of hydrogen-bond donors (Lipinski definition) is 0. The Morgan fingerprint density at radius 2 is 2.05 bits per heavy atom. The summed E-state index contributed by atoms with van der Waals surface area (Å²) in [4.78, 5) is 20.4. The van der Waals surface area contributed by atoms with Gasteiger partial charge < -0.3 is 9.80 Å². The Morgan fingerprint density at radius 3 is 2.62 bits per heavy atom. The molecule has 3 rings (SSSR count). The molecule has 1 saturated heterocycles. The Hall–Kier alpha value is -2.39. The van der Waals surface area contributed by atoms with Gasteiger partial charge in [-0.05, 0) is 23.6 Å². The maximum atomic E-state index is 12.3. The Kier molecular flexibility index (Phi) is 3.84. The molecule has 0 unspecified atom stereocenters. The first-order valence-corrected chi connectivity index (χ1v) is 7.65. The Morgan fingerprint density at radius 1 is 1.24 bits per heavy atom. The van der Waals surface area contributed by atoms with Crippen LogP contribution in [0.15, 0.2) is 35.2 Å². The molecule has 2 aromatic heterocycles. The molecular formula is C15H14N4OS. The molecule has 106 valence electrons. The first-order chi connectivity index (χ1) is 10.3. The van der Waals surface area contributed by atoms with Crippen molar-refractivity contribution >= 4 is 22.9 Å². The first kappa shape index (κ1) is 13.6. The molecular weight excluding hydrogens is 284 g/mol. The topological polar surface area (TPSA) is 60.2 Å². The van der Waals surface area contributed by atoms with E-state index in [1.165, 1.54) is 0 Å². The van der Waals surface area contributed by atoms with Gasteiger partial charge in [-0.15, -0.1) is 0 Å². The fraction of sp³-hybridized carbons (Fsp3) is 0.267. The van der Waals surface area contributed by atoms with Crippen LogP contribution in [0.25, 0.3) is 0 Å². The van der Waals surface area contributed by atoms with Crippen LogP contribution >= 0.6 is 11.3 Å². The Balaban J connectivity index is 1.62. The molecule has 0 radical (unpaired) electrons. The lowest BCUT2D eigenvalue weighted by molar-refractivity contribution is 0.0747. The highest BCUT2D eigenvalue weighted by atomic mass is 32.1. The second kappa shape index (κ2) is 5.94. The number of rotatable bonds is 2. The number of nitriles is 1. The number of hydrogen-bond acceptors (Lipinski definition) is 5. The van der Waals surface area contributed by atoms with Gasteiger partial charge in [0.05, 0.1) is 17.4 Å². The highest BCUT2D eigenvalue weighted by molar-refractivity contribution is 7.08. The summed E-state index contributed by atoms with van der Waals surface area (Å²) in [5.41, 5.74) is 2.19. The molecule has 0 spiro atoms. The van der Waals surface area contributed by atoms with Gasteiger partial charge in [-0.3, -0.25) is 4.79 Å². The molecule has 1 fully saturated rings. The number of carbonyl (C=O) groups is 1. The van der Waals surface area contributed by atoms with Crippen LogP contribution in [0.1, 0.15) is 16.1 Å². The zero-order chi connectivity index (χ0) is 14.7. The van der Waals surface area contributed by atoms with E-state index in [0.717, 1.165) is 24.3 Å². The summed E-state index contributed by atoms with van der Waals surface area (Å²) in [6.45, 7) is 2.97. The second-order valence-electron chi connectivity index (χ2n) is 4.80. The molecule has 5 nitrogen and oxygen atoms in total. The summed E-state index contributed by atoms with van der Waals surface area (Å²) in [6, 6.07) is 7.50. The standard InChI is InChI=1S/C15H14N4OS/c16-9-13-1-2-14(10-17-13)18-4-6-19(7-5-18)15(20)12-3-8-21-11-12/h1-3,8,10-11H,4-7H2. The number of piperazine rings is 1. The van der Waals surface area contributed by atoms with Crippen molar-refractivity contribution in [1.29, 1.82) is 5.26 Å². The predicted molar refractivity (Wildman–Crippen MR) is 81.4 cm³/mol. The van der Waals surface area contributed by atoms with Crippen molar-refractivity contribution in [3.05, 3.63) is 46.4 Å². The third kappa shape index (κ3) is 2.88. The normalized spacial score (nSPS) is 14.8. The molecule has 0 aromatic carbocycles. The molecule has 3 heterocycles. The van der Waals surface area contributed by atoms with E-state index in [-0.39, 0.29) is 5.91 Å². The van der Waals surface area contributed by atoms with E-state index in [4.69, 9.17) is 5.26 Å². The number of aromatic nitrogens is 1. The molecule has 0 bridgehead atoms. The molecule has 1 aliphatic rings. The first-order valence-electron chi connectivity index (χ1n) is 6.70. The fourth-order valence-electron chi connectivity index (χ4n) is 2.38. The minimum atomic E-state index is 0.105. The summed E-state index contributed by atoms with van der Waals surface area (Å²) in [6.07, 6.45) is 1.72. The summed E-state index contributed by atoms with van der Waals surface area (Å²) in [5, 5.41) is 12.6. The van der Waals surface area contributed by atoms with Crippen LogP contribution in [0.2, 0.25) is 0 Å². The number of carbonyl (C=O) groups excluding carboxylic acids is 1. The molecule has 0 saturated carbocycles. The van der Waals surface area contributed by atoms with Crippen molar-refractivity contribution in [1.82, 2.24) is 9.88 Å². The van der Waals surface area contributed by atoms with Gasteiger partial charge in [-0.25, -0.2) is 4.98 Å². The van der Waals surface area contributed by atoms with Crippen molar-refractivity contribution in [2.24, 2.45) is 0 Å². The zero-order valence-electron chi connectivity index (χ0n) is 11.4. The van der Waals surface area contributed by atoms with Crippen molar-refractivity contribution in [2.45, 2.75) is 0 Å². The van der Waals surface area contributed by atoms with E-state index in [2.05, 4.69) is 9.88 Å². The monoisotopic (exact) mass is 298 g/mol. The fourth-order valence-corrected chi connectivity index (χ4v) is 3.01. The molecule has 6 heteroatoms. The molecule has 1 aliphatic heterocycles. The Labute approximate surface area is 127 Å². The third-order valence-corrected chi connectivity index (χ3v) is 4.25. The van der Waals surface area contributed by atoms with Crippen LogP contribution in [-0.4, -0.2) is 42.0 Å². The summed E-state index contributed by atoms with van der Waals surface area (Å²) < 4.78 is 0. The van der Waals surface area contributed by atoms with E-state index >= 15 is 0 Å². The lowest BCUT2D eigenvalue weighted by Crippen LogP contribution is -2.48. The minimum Gasteiger partial charge on any atom is -0.367 e. The van der Waals surface area contributed by atoms with Crippen LogP contribution < -0.4 is 4.90 Å². The van der Waals surface area contributed by atoms with Crippen molar-refractivity contribution in [3.63, 3.8) is 0 Å². The van der Waals surface area contributed by atoms with Gasteiger partial charge in [-0.1, -0.05) is 0 Å². The number of anilines is 1. The van der Waals surface area contributed by atoms with E-state index in [1.54, 1.807) is 23.6 Å². The maximum absolute atomic E-state index is 12.3. The van der Waals surface area contributed by atoms with Crippen LogP contribution in [0.3, 0.4) is 0 Å². The van der Waals surface area contributed by atoms with Gasteiger partial charge >= 0.3 is 0 Å². The number of nitrogens with zero attached hydrogens (tertiary/aromatic N) is 4. The van der Waals surface area contributed by atoms with Crippen molar-refractivity contribution in [3.8, 4) is 6.07 Å². The SMILES string of the molecule is N#Cc1ccc(N2CCN(C(=O)c3ccsc3)CC2)cn1. The maximum Gasteiger partial charge on any atom is 0.254 e. The quantitative estimate of drug-likeness (QED) is 0.850. The van der Waals surface area contributed by atoms with Gasteiger partial charge in [-0.2, -0.15) is 16.6 Å². The van der Waals surface area contributed by atoms with E-state index in [0.29, 0.717) is 18.8 Å². The highest BCUT2D eigenvalue weighted by Crippen LogP contribution is 2.17. The molecule has 21 heavy (non-hydrogen) atoms. The van der Waals surface area contributed by atoms with Crippen LogP contribution in [0, 0.1) is 11.3 Å². The lowest BCUT2D eigenvalue weighted by atomic mass is 10.2. The number of thiophene rings is 1. The third-order valence-electron chi connectivity index (χ3n) is 3.56. The molecule has 1 amide bonds. The van der Waals surface area contributed by atoms with Crippen LogP contribution in [-0.2, 0) is 0 Å². The predicted octanol–water partition coefficient (Wildman–Crippen LogP) is 1.98.